The van der Waals surface area contributed by atoms with Crippen LogP contribution in [0.25, 0.3) is 10.8 Å². The zero-order valence-corrected chi connectivity index (χ0v) is 10.5. The Morgan fingerprint density at radius 2 is 1.89 bits per heavy atom. The van der Waals surface area contributed by atoms with E-state index in [1.807, 2.05) is 29.6 Å². The monoisotopic (exact) mass is 256 g/mol. The van der Waals surface area contributed by atoms with Crippen molar-refractivity contribution in [3.63, 3.8) is 0 Å². The average molecular weight is 256 g/mol. The maximum Gasteiger partial charge on any atom is 0.120 e. The van der Waals surface area contributed by atoms with Gasteiger partial charge in [0.2, 0.25) is 0 Å². The first-order valence-corrected chi connectivity index (χ1v) is 6.62. The van der Waals surface area contributed by atoms with E-state index in [1.54, 1.807) is 23.5 Å². The maximum absolute atomic E-state index is 9.46. The molecule has 3 aromatic rings. The lowest BCUT2D eigenvalue weighted by molar-refractivity contribution is 0.307. The van der Waals surface area contributed by atoms with Crippen LogP contribution in [0, 0.1) is 0 Å². The molecule has 0 aliphatic carbocycles. The fourth-order valence-electron chi connectivity index (χ4n) is 1.84. The van der Waals surface area contributed by atoms with Crippen LogP contribution in [0.4, 0.5) is 0 Å². The van der Waals surface area contributed by atoms with Crippen molar-refractivity contribution in [1.29, 1.82) is 0 Å². The van der Waals surface area contributed by atoms with Gasteiger partial charge >= 0.3 is 0 Å². The van der Waals surface area contributed by atoms with Crippen LogP contribution in [0.15, 0.2) is 53.2 Å². The van der Waals surface area contributed by atoms with Crippen LogP contribution in [-0.2, 0) is 6.61 Å². The zero-order valence-electron chi connectivity index (χ0n) is 9.67. The second-order valence-corrected chi connectivity index (χ2v) is 4.89. The fraction of sp³-hybridized carbons (Fsp3) is 0.0667. The van der Waals surface area contributed by atoms with Gasteiger partial charge in [-0.1, -0.05) is 12.1 Å². The third kappa shape index (κ3) is 2.31. The molecule has 3 rings (SSSR count). The Kier molecular flexibility index (Phi) is 2.90. The predicted octanol–water partition coefficient (Wildman–Crippen LogP) is 4.19. The van der Waals surface area contributed by atoms with E-state index >= 15 is 0 Å². The average Bonchev–Trinajstić information content (AvgIpc) is 2.89. The van der Waals surface area contributed by atoms with E-state index in [0.717, 1.165) is 16.5 Å². The van der Waals surface area contributed by atoms with Gasteiger partial charge in [-0.15, -0.1) is 0 Å². The molecule has 2 aromatic carbocycles. The summed E-state index contributed by atoms with van der Waals surface area (Å²) >= 11 is 1.67. The summed E-state index contributed by atoms with van der Waals surface area (Å²) in [5.41, 5.74) is 1.18. The molecule has 90 valence electrons. The Balaban J connectivity index is 1.84. The molecule has 0 amide bonds. The second-order valence-electron chi connectivity index (χ2n) is 4.11. The zero-order chi connectivity index (χ0) is 12.4. The van der Waals surface area contributed by atoms with Gasteiger partial charge < -0.3 is 9.84 Å². The highest BCUT2D eigenvalue weighted by Crippen LogP contribution is 2.25. The van der Waals surface area contributed by atoms with Crippen LogP contribution in [0.3, 0.4) is 0 Å². The Morgan fingerprint density at radius 1 is 1.00 bits per heavy atom. The molecule has 0 unspecified atom stereocenters. The summed E-state index contributed by atoms with van der Waals surface area (Å²) < 4.78 is 5.72. The minimum atomic E-state index is 0.275. The van der Waals surface area contributed by atoms with Crippen molar-refractivity contribution in [3.05, 3.63) is 58.8 Å². The summed E-state index contributed by atoms with van der Waals surface area (Å²) in [6, 6.07) is 13.3. The van der Waals surface area contributed by atoms with Crippen LogP contribution in [0.5, 0.6) is 11.5 Å². The number of ether oxygens (including phenoxy) is 1. The van der Waals surface area contributed by atoms with Gasteiger partial charge in [0.25, 0.3) is 0 Å². The number of hydrogen-bond donors (Lipinski definition) is 1. The lowest BCUT2D eigenvalue weighted by Crippen LogP contribution is -1.93. The fourth-order valence-corrected chi connectivity index (χ4v) is 2.50. The van der Waals surface area contributed by atoms with Gasteiger partial charge in [0.1, 0.15) is 18.1 Å². The summed E-state index contributed by atoms with van der Waals surface area (Å²) in [6.07, 6.45) is 0. The molecule has 0 saturated heterocycles. The Hall–Kier alpha value is -2.00. The molecule has 0 fully saturated rings. The topological polar surface area (TPSA) is 29.5 Å². The van der Waals surface area contributed by atoms with Gasteiger partial charge in [-0.05, 0) is 57.4 Å². The summed E-state index contributed by atoms with van der Waals surface area (Å²) in [5.74, 6) is 1.09. The van der Waals surface area contributed by atoms with Crippen molar-refractivity contribution in [3.8, 4) is 11.5 Å². The number of phenols is 1. The number of rotatable bonds is 3. The first-order valence-electron chi connectivity index (χ1n) is 5.68. The van der Waals surface area contributed by atoms with E-state index in [2.05, 4.69) is 11.4 Å². The van der Waals surface area contributed by atoms with Gasteiger partial charge in [-0.2, -0.15) is 11.3 Å². The quantitative estimate of drug-likeness (QED) is 0.761. The van der Waals surface area contributed by atoms with Gasteiger partial charge in [-0.25, -0.2) is 0 Å². The minimum absolute atomic E-state index is 0.275. The number of aromatic hydroxyl groups is 1. The Labute approximate surface area is 109 Å². The first kappa shape index (κ1) is 11.1. The van der Waals surface area contributed by atoms with E-state index in [0.29, 0.717) is 6.61 Å². The molecule has 0 atom stereocenters. The molecule has 0 spiro atoms. The molecule has 0 aliphatic rings. The van der Waals surface area contributed by atoms with Gasteiger partial charge in [0.15, 0.2) is 0 Å². The number of phenolic OH excluding ortho intramolecular Hbond substituents is 1. The molecule has 1 aromatic heterocycles. The van der Waals surface area contributed by atoms with Gasteiger partial charge in [0.05, 0.1) is 0 Å². The van der Waals surface area contributed by atoms with Gasteiger partial charge in [0, 0.05) is 0 Å². The van der Waals surface area contributed by atoms with Gasteiger partial charge in [-0.3, -0.25) is 0 Å². The lowest BCUT2D eigenvalue weighted by Gasteiger charge is -2.06. The third-order valence-electron chi connectivity index (χ3n) is 2.78. The molecular weight excluding hydrogens is 244 g/mol. The van der Waals surface area contributed by atoms with E-state index in [1.165, 1.54) is 5.56 Å². The highest BCUT2D eigenvalue weighted by Gasteiger charge is 2.00. The SMILES string of the molecule is Oc1ccc2ccc(OCc3ccsc3)cc2c1. The van der Waals surface area contributed by atoms with Crippen molar-refractivity contribution < 1.29 is 9.84 Å². The van der Waals surface area contributed by atoms with Crippen LogP contribution in [0.1, 0.15) is 5.56 Å². The van der Waals surface area contributed by atoms with Crippen LogP contribution < -0.4 is 4.74 Å². The summed E-state index contributed by atoms with van der Waals surface area (Å²) in [7, 11) is 0. The molecule has 3 heteroatoms. The molecule has 18 heavy (non-hydrogen) atoms. The van der Waals surface area contributed by atoms with Crippen molar-refractivity contribution in [2.24, 2.45) is 0 Å². The number of thiophene rings is 1. The molecule has 2 nitrogen and oxygen atoms in total. The number of hydrogen-bond acceptors (Lipinski definition) is 3. The predicted molar refractivity (Wildman–Crippen MR) is 74.3 cm³/mol. The molecule has 0 bridgehead atoms. The van der Waals surface area contributed by atoms with Crippen molar-refractivity contribution in [1.82, 2.24) is 0 Å². The van der Waals surface area contributed by atoms with E-state index in [4.69, 9.17) is 4.74 Å². The van der Waals surface area contributed by atoms with E-state index < -0.39 is 0 Å². The normalized spacial score (nSPS) is 10.7. The summed E-state index contributed by atoms with van der Waals surface area (Å²) in [6.45, 7) is 0.577. The molecule has 0 aliphatic heterocycles. The smallest absolute Gasteiger partial charge is 0.120 e. The standard InChI is InChI=1S/C15H12O2S/c16-14-3-1-12-2-4-15(8-13(12)7-14)17-9-11-5-6-18-10-11/h1-8,10,16H,9H2. The molecule has 0 saturated carbocycles. The highest BCUT2D eigenvalue weighted by atomic mass is 32.1. The van der Waals surface area contributed by atoms with Crippen LogP contribution in [-0.4, -0.2) is 5.11 Å². The third-order valence-corrected chi connectivity index (χ3v) is 3.51. The molecule has 0 radical (unpaired) electrons. The molecule has 1 heterocycles. The summed E-state index contributed by atoms with van der Waals surface area (Å²) in [4.78, 5) is 0. The largest absolute Gasteiger partial charge is 0.508 e. The number of fused-ring (bicyclic) bond motifs is 1. The first-order chi connectivity index (χ1) is 8.81. The molecule has 1 N–H and O–H groups in total. The highest BCUT2D eigenvalue weighted by molar-refractivity contribution is 7.07. The molecular formula is C15H12O2S. The van der Waals surface area contributed by atoms with Crippen molar-refractivity contribution in [2.45, 2.75) is 6.61 Å². The second kappa shape index (κ2) is 4.70. The minimum Gasteiger partial charge on any atom is -0.508 e. The van der Waals surface area contributed by atoms with E-state index in [9.17, 15) is 5.11 Å². The van der Waals surface area contributed by atoms with Crippen molar-refractivity contribution >= 4 is 22.1 Å². The Bertz CT molecular complexity index is 659. The van der Waals surface area contributed by atoms with Crippen LogP contribution >= 0.6 is 11.3 Å². The van der Waals surface area contributed by atoms with Crippen LogP contribution in [0.2, 0.25) is 0 Å². The lowest BCUT2D eigenvalue weighted by atomic mass is 10.1. The summed E-state index contributed by atoms with van der Waals surface area (Å²) in [5, 5.41) is 15.7. The van der Waals surface area contributed by atoms with E-state index in [-0.39, 0.29) is 5.75 Å². The Morgan fingerprint density at radius 3 is 2.72 bits per heavy atom. The number of benzene rings is 2. The van der Waals surface area contributed by atoms with Crippen molar-refractivity contribution in [2.75, 3.05) is 0 Å². The maximum atomic E-state index is 9.46.